The van der Waals surface area contributed by atoms with Gasteiger partial charge in [-0.15, -0.1) is 0 Å². The van der Waals surface area contributed by atoms with Crippen molar-refractivity contribution in [3.05, 3.63) is 94.1 Å². The van der Waals surface area contributed by atoms with Gasteiger partial charge in [-0.1, -0.05) is 41.9 Å². The molecule has 184 valence electrons. The van der Waals surface area contributed by atoms with Crippen LogP contribution in [0, 0.1) is 6.92 Å². The van der Waals surface area contributed by atoms with Gasteiger partial charge in [-0.05, 0) is 36.8 Å². The maximum absolute atomic E-state index is 13.4. The van der Waals surface area contributed by atoms with Crippen LogP contribution in [0.5, 0.6) is 11.6 Å². The summed E-state index contributed by atoms with van der Waals surface area (Å²) < 4.78 is 10.2. The molecule has 0 radical (unpaired) electrons. The molecule has 0 aliphatic rings. The molecule has 9 nitrogen and oxygen atoms in total. The van der Waals surface area contributed by atoms with E-state index in [-0.39, 0.29) is 16.8 Å². The molecular formula is C27H20ClN5O4. The Morgan fingerprint density at radius 2 is 1.84 bits per heavy atom. The van der Waals surface area contributed by atoms with E-state index < -0.39 is 11.5 Å². The molecule has 0 saturated carbocycles. The van der Waals surface area contributed by atoms with E-state index in [1.807, 2.05) is 43.3 Å². The lowest BCUT2D eigenvalue weighted by atomic mass is 9.98. The average Bonchev–Trinajstić information content (AvgIpc) is 2.90. The Kier molecular flexibility index (Phi) is 6.53. The number of nitrogens with zero attached hydrogens (tertiary/aromatic N) is 3. The molecule has 0 bridgehead atoms. The highest BCUT2D eigenvalue weighted by Gasteiger charge is 2.17. The summed E-state index contributed by atoms with van der Waals surface area (Å²) in [6.07, 6.45) is 1.88. The topological polar surface area (TPSA) is 119 Å². The Balaban J connectivity index is 1.56. The summed E-state index contributed by atoms with van der Waals surface area (Å²) in [7, 11) is 1.48. The van der Waals surface area contributed by atoms with Gasteiger partial charge in [0, 0.05) is 29.1 Å². The highest BCUT2D eigenvalue weighted by atomic mass is 35.5. The number of amides is 1. The number of aromatic nitrogens is 4. The van der Waals surface area contributed by atoms with E-state index in [4.69, 9.17) is 26.1 Å². The molecule has 2 N–H and O–H groups in total. The number of nitrogens with one attached hydrogen (secondary N) is 2. The van der Waals surface area contributed by atoms with Gasteiger partial charge in [-0.25, -0.2) is 19.7 Å². The Morgan fingerprint density at radius 1 is 1.03 bits per heavy atom. The summed E-state index contributed by atoms with van der Waals surface area (Å²) >= 11 is 6.24. The third kappa shape index (κ3) is 5.12. The molecule has 5 rings (SSSR count). The van der Waals surface area contributed by atoms with E-state index in [2.05, 4.69) is 20.3 Å². The number of carbonyl (C=O) groups is 1. The van der Waals surface area contributed by atoms with Crippen LogP contribution < -0.4 is 20.2 Å². The monoisotopic (exact) mass is 513 g/mol. The van der Waals surface area contributed by atoms with Crippen molar-refractivity contribution in [1.82, 2.24) is 19.9 Å². The average molecular weight is 514 g/mol. The van der Waals surface area contributed by atoms with E-state index in [0.717, 1.165) is 16.8 Å². The van der Waals surface area contributed by atoms with Crippen LogP contribution in [0.4, 0.5) is 10.5 Å². The first-order valence-electron chi connectivity index (χ1n) is 11.2. The summed E-state index contributed by atoms with van der Waals surface area (Å²) in [5.74, 6) is 0.569. The van der Waals surface area contributed by atoms with Gasteiger partial charge < -0.3 is 14.5 Å². The summed E-state index contributed by atoms with van der Waals surface area (Å²) in [4.78, 5) is 41.8. The van der Waals surface area contributed by atoms with Gasteiger partial charge in [0.05, 0.1) is 24.4 Å². The standard InChI is InChI=1S/C27H20ClN5O4/c1-15-10-17(11-22(28)31-15)19-12-20-25(34)21(32-27(35)37-18-8-9-23(36-2)29-13-18)14-30-26(20)33-24(19)16-6-4-3-5-7-16/h3-14H,1-2H3,(H,32,35)(H,30,33,34). The largest absolute Gasteiger partial charge is 0.481 e. The van der Waals surface area contributed by atoms with Crippen molar-refractivity contribution in [2.45, 2.75) is 6.92 Å². The molecule has 0 saturated heterocycles. The fourth-order valence-corrected chi connectivity index (χ4v) is 4.10. The number of hydrogen-bond donors (Lipinski definition) is 2. The van der Waals surface area contributed by atoms with Crippen LogP contribution in [-0.4, -0.2) is 33.1 Å². The smallest absolute Gasteiger partial charge is 0.417 e. The predicted molar refractivity (Wildman–Crippen MR) is 141 cm³/mol. The summed E-state index contributed by atoms with van der Waals surface area (Å²) in [6, 6.07) is 18.0. The van der Waals surface area contributed by atoms with E-state index in [1.165, 1.54) is 25.6 Å². The fourth-order valence-electron chi connectivity index (χ4n) is 3.85. The van der Waals surface area contributed by atoms with Crippen molar-refractivity contribution in [3.63, 3.8) is 0 Å². The van der Waals surface area contributed by atoms with Crippen molar-refractivity contribution in [2.24, 2.45) is 0 Å². The Hall–Kier alpha value is -4.76. The molecule has 10 heteroatoms. The number of aromatic amines is 1. The Bertz CT molecular complexity index is 1650. The second-order valence-electron chi connectivity index (χ2n) is 8.05. The van der Waals surface area contributed by atoms with Crippen LogP contribution in [0.2, 0.25) is 5.15 Å². The van der Waals surface area contributed by atoms with E-state index in [9.17, 15) is 9.59 Å². The lowest BCUT2D eigenvalue weighted by Gasteiger charge is -2.13. The summed E-state index contributed by atoms with van der Waals surface area (Å²) in [5, 5.41) is 3.09. The molecule has 0 atom stereocenters. The first kappa shape index (κ1) is 24.0. The first-order chi connectivity index (χ1) is 17.9. The second-order valence-corrected chi connectivity index (χ2v) is 8.44. The molecule has 5 aromatic rings. The van der Waals surface area contributed by atoms with Gasteiger partial charge in [-0.2, -0.15) is 0 Å². The minimum absolute atomic E-state index is 0.00289. The number of halogens is 1. The number of hydrogen-bond acceptors (Lipinski definition) is 7. The molecule has 4 aromatic heterocycles. The third-order valence-electron chi connectivity index (χ3n) is 5.51. The second kappa shape index (κ2) is 10.1. The van der Waals surface area contributed by atoms with E-state index in [0.29, 0.717) is 27.9 Å². The number of fused-ring (bicyclic) bond motifs is 1. The molecular weight excluding hydrogens is 494 g/mol. The Labute approximate surface area is 216 Å². The molecule has 0 aliphatic carbocycles. The SMILES string of the molecule is COc1ccc(OC(=O)Nc2c[nH]c3nc(-c4ccccc4)c(-c4cc(C)nc(Cl)c4)cc3c2=O)cn1. The molecule has 1 aromatic carbocycles. The molecule has 37 heavy (non-hydrogen) atoms. The van der Waals surface area contributed by atoms with Crippen molar-refractivity contribution in [1.29, 1.82) is 0 Å². The quantitative estimate of drug-likeness (QED) is 0.292. The third-order valence-corrected chi connectivity index (χ3v) is 5.70. The Morgan fingerprint density at radius 3 is 2.54 bits per heavy atom. The number of methoxy groups -OCH3 is 1. The van der Waals surface area contributed by atoms with Crippen molar-refractivity contribution < 1.29 is 14.3 Å². The first-order valence-corrected chi connectivity index (χ1v) is 11.5. The number of H-pyrrole nitrogens is 1. The summed E-state index contributed by atoms with van der Waals surface area (Å²) in [6.45, 7) is 1.84. The van der Waals surface area contributed by atoms with E-state index >= 15 is 0 Å². The lowest BCUT2D eigenvalue weighted by molar-refractivity contribution is 0.215. The maximum atomic E-state index is 13.4. The fraction of sp³-hybridized carbons (Fsp3) is 0.0741. The minimum atomic E-state index is -0.845. The molecule has 0 spiro atoms. The van der Waals surface area contributed by atoms with Crippen LogP contribution in [-0.2, 0) is 0 Å². The summed E-state index contributed by atoms with van der Waals surface area (Å²) in [5.41, 5.74) is 3.65. The number of rotatable bonds is 5. The van der Waals surface area contributed by atoms with Crippen LogP contribution in [0.3, 0.4) is 0 Å². The molecule has 1 amide bonds. The zero-order valence-corrected chi connectivity index (χ0v) is 20.5. The minimum Gasteiger partial charge on any atom is -0.481 e. The van der Waals surface area contributed by atoms with Gasteiger partial charge in [0.1, 0.15) is 16.5 Å². The van der Waals surface area contributed by atoms with Crippen molar-refractivity contribution >= 4 is 34.4 Å². The molecule has 0 aliphatic heterocycles. The van der Waals surface area contributed by atoms with Crippen LogP contribution in [0.1, 0.15) is 5.69 Å². The number of carbonyl (C=O) groups excluding carboxylic acids is 1. The lowest BCUT2D eigenvalue weighted by Crippen LogP contribution is -2.22. The van der Waals surface area contributed by atoms with Gasteiger partial charge in [0.25, 0.3) is 0 Å². The number of ether oxygens (including phenoxy) is 2. The van der Waals surface area contributed by atoms with Crippen LogP contribution in [0.25, 0.3) is 33.4 Å². The van der Waals surface area contributed by atoms with E-state index in [1.54, 1.807) is 18.2 Å². The number of benzene rings is 1. The van der Waals surface area contributed by atoms with Gasteiger partial charge in [0.15, 0.2) is 5.75 Å². The molecule has 4 heterocycles. The normalized spacial score (nSPS) is 10.8. The zero-order valence-electron chi connectivity index (χ0n) is 19.8. The number of aryl methyl sites for hydroxylation is 1. The van der Waals surface area contributed by atoms with Crippen LogP contribution >= 0.6 is 11.6 Å². The maximum Gasteiger partial charge on any atom is 0.417 e. The predicted octanol–water partition coefficient (Wildman–Crippen LogP) is 5.63. The molecule has 0 unspecified atom stereocenters. The van der Waals surface area contributed by atoms with Gasteiger partial charge >= 0.3 is 6.09 Å². The van der Waals surface area contributed by atoms with Crippen LogP contribution in [0.15, 0.2) is 77.9 Å². The highest BCUT2D eigenvalue weighted by Crippen LogP contribution is 2.33. The van der Waals surface area contributed by atoms with Crippen molar-refractivity contribution in [3.8, 4) is 34.0 Å². The number of pyridine rings is 4. The van der Waals surface area contributed by atoms with Gasteiger partial charge in [0.2, 0.25) is 11.3 Å². The van der Waals surface area contributed by atoms with Crippen molar-refractivity contribution in [2.75, 3.05) is 12.4 Å². The molecule has 0 fully saturated rings. The number of anilines is 1. The zero-order chi connectivity index (χ0) is 25.9. The van der Waals surface area contributed by atoms with Gasteiger partial charge in [-0.3, -0.25) is 10.1 Å². The highest BCUT2D eigenvalue weighted by molar-refractivity contribution is 6.29.